The summed E-state index contributed by atoms with van der Waals surface area (Å²) < 4.78 is 4.87. The van der Waals surface area contributed by atoms with Crippen LogP contribution in [-0.4, -0.2) is 18.4 Å². The summed E-state index contributed by atoms with van der Waals surface area (Å²) in [6.07, 6.45) is 3.16. The van der Waals surface area contributed by atoms with E-state index in [2.05, 4.69) is 18.3 Å². The quantitative estimate of drug-likeness (QED) is 0.426. The highest BCUT2D eigenvalue weighted by Gasteiger charge is 2.14. The summed E-state index contributed by atoms with van der Waals surface area (Å²) in [5.41, 5.74) is 7.12. The van der Waals surface area contributed by atoms with Crippen LogP contribution in [0.1, 0.15) is 52.0 Å². The summed E-state index contributed by atoms with van der Waals surface area (Å²) in [4.78, 5) is 23.3. The van der Waals surface area contributed by atoms with Crippen molar-refractivity contribution in [1.82, 2.24) is 0 Å². The number of aryl methyl sites for hydroxylation is 2. The van der Waals surface area contributed by atoms with Gasteiger partial charge in [0.05, 0.1) is 6.61 Å². The third-order valence-electron chi connectivity index (χ3n) is 4.56. The Hall–Kier alpha value is -2.88. The Morgan fingerprint density at radius 1 is 1.07 bits per heavy atom. The van der Waals surface area contributed by atoms with Crippen molar-refractivity contribution in [1.29, 1.82) is 0 Å². The predicted molar refractivity (Wildman–Crippen MR) is 110 cm³/mol. The monoisotopic (exact) mass is 365 g/mol. The molecule has 142 valence electrons. The molecular formula is C23H27NO3. The molecular weight excluding hydrogens is 338 g/mol. The molecule has 0 heterocycles. The molecule has 0 fully saturated rings. The number of hydrogen-bond donors (Lipinski definition) is 1. The van der Waals surface area contributed by atoms with E-state index in [1.807, 2.05) is 38.1 Å². The van der Waals surface area contributed by atoms with E-state index in [0.717, 1.165) is 33.5 Å². The molecule has 2 aromatic rings. The highest BCUT2D eigenvalue weighted by molar-refractivity contribution is 5.97. The Bertz CT molecular complexity index is 864. The van der Waals surface area contributed by atoms with E-state index in [1.54, 1.807) is 19.9 Å². The van der Waals surface area contributed by atoms with Crippen LogP contribution in [0.25, 0.3) is 6.08 Å². The van der Waals surface area contributed by atoms with E-state index in [4.69, 9.17) is 4.74 Å². The fourth-order valence-electron chi connectivity index (χ4n) is 3.30. The molecule has 0 spiro atoms. The van der Waals surface area contributed by atoms with E-state index < -0.39 is 0 Å². The van der Waals surface area contributed by atoms with Gasteiger partial charge in [0.25, 0.3) is 0 Å². The molecule has 0 unspecified atom stereocenters. The highest BCUT2D eigenvalue weighted by Crippen LogP contribution is 2.24. The number of rotatable bonds is 7. The van der Waals surface area contributed by atoms with Crippen molar-refractivity contribution in [3.63, 3.8) is 0 Å². The Kier molecular flexibility index (Phi) is 6.94. The fourth-order valence-corrected chi connectivity index (χ4v) is 3.30. The summed E-state index contributed by atoms with van der Waals surface area (Å²) in [5.74, 6) is -0.240. The van der Waals surface area contributed by atoms with Gasteiger partial charge in [0.2, 0.25) is 0 Å². The average Bonchev–Trinajstić information content (AvgIpc) is 2.60. The van der Waals surface area contributed by atoms with Gasteiger partial charge >= 0.3 is 5.97 Å². The highest BCUT2D eigenvalue weighted by atomic mass is 16.5. The standard InChI is InChI=1S/C23H27NO3/c1-6-27-22(26)12-9-19-7-10-20(11-8-19)24-14-21-15(2)13-16(3)23(17(21)4)18(5)25/h7-13,24H,6,14H2,1-5H3. The number of carbonyl (C=O) groups is 2. The Morgan fingerprint density at radius 2 is 1.74 bits per heavy atom. The van der Waals surface area contributed by atoms with Gasteiger partial charge in [0.15, 0.2) is 5.78 Å². The molecule has 4 heteroatoms. The topological polar surface area (TPSA) is 55.4 Å². The lowest BCUT2D eigenvalue weighted by Crippen LogP contribution is -2.09. The molecule has 0 radical (unpaired) electrons. The average molecular weight is 365 g/mol. The number of ketones is 1. The molecule has 1 N–H and O–H groups in total. The van der Waals surface area contributed by atoms with E-state index in [-0.39, 0.29) is 11.8 Å². The van der Waals surface area contributed by atoms with Gasteiger partial charge < -0.3 is 10.1 Å². The molecule has 0 aliphatic heterocycles. The first-order valence-corrected chi connectivity index (χ1v) is 9.12. The van der Waals surface area contributed by atoms with E-state index in [9.17, 15) is 9.59 Å². The van der Waals surface area contributed by atoms with Crippen LogP contribution in [-0.2, 0) is 16.1 Å². The van der Waals surface area contributed by atoms with E-state index in [1.165, 1.54) is 11.6 Å². The van der Waals surface area contributed by atoms with Crippen LogP contribution in [0, 0.1) is 20.8 Å². The first-order chi connectivity index (χ1) is 12.8. The molecule has 27 heavy (non-hydrogen) atoms. The van der Waals surface area contributed by atoms with Gasteiger partial charge in [-0.1, -0.05) is 18.2 Å². The van der Waals surface area contributed by atoms with Gasteiger partial charge in [0.1, 0.15) is 0 Å². The molecule has 0 bridgehead atoms. The maximum atomic E-state index is 12.0. The second-order valence-electron chi connectivity index (χ2n) is 6.61. The summed E-state index contributed by atoms with van der Waals surface area (Å²) in [7, 11) is 0. The molecule has 0 atom stereocenters. The van der Waals surface area contributed by atoms with Gasteiger partial charge in [0, 0.05) is 23.9 Å². The Labute approximate surface area is 161 Å². The van der Waals surface area contributed by atoms with Crippen molar-refractivity contribution in [3.8, 4) is 0 Å². The van der Waals surface area contributed by atoms with Crippen LogP contribution in [0.3, 0.4) is 0 Å². The van der Waals surface area contributed by atoms with Crippen LogP contribution in [0.5, 0.6) is 0 Å². The normalized spacial score (nSPS) is 10.9. The smallest absolute Gasteiger partial charge is 0.330 e. The number of esters is 1. The summed E-state index contributed by atoms with van der Waals surface area (Å²) in [5, 5.41) is 3.41. The number of anilines is 1. The first kappa shape index (κ1) is 20.4. The molecule has 0 aromatic heterocycles. The molecule has 2 rings (SSSR count). The lowest BCUT2D eigenvalue weighted by molar-refractivity contribution is -0.137. The lowest BCUT2D eigenvalue weighted by Gasteiger charge is -2.17. The number of nitrogens with one attached hydrogen (secondary N) is 1. The van der Waals surface area contributed by atoms with Gasteiger partial charge in [-0.15, -0.1) is 0 Å². The van der Waals surface area contributed by atoms with Gasteiger partial charge in [-0.25, -0.2) is 4.79 Å². The molecule has 0 aliphatic carbocycles. The molecule has 0 amide bonds. The predicted octanol–water partition coefficient (Wildman–Crippen LogP) is 5.00. The summed E-state index contributed by atoms with van der Waals surface area (Å²) in [6.45, 7) is 10.5. The second kappa shape index (κ2) is 9.17. The third-order valence-corrected chi connectivity index (χ3v) is 4.56. The Morgan fingerprint density at radius 3 is 2.33 bits per heavy atom. The largest absolute Gasteiger partial charge is 0.463 e. The number of carbonyl (C=O) groups excluding carboxylic acids is 2. The zero-order valence-electron chi connectivity index (χ0n) is 16.7. The van der Waals surface area contributed by atoms with Crippen molar-refractivity contribution in [2.45, 2.75) is 41.2 Å². The second-order valence-corrected chi connectivity index (χ2v) is 6.61. The van der Waals surface area contributed by atoms with Gasteiger partial charge in [-0.3, -0.25) is 4.79 Å². The molecule has 2 aromatic carbocycles. The zero-order valence-corrected chi connectivity index (χ0v) is 16.7. The van der Waals surface area contributed by atoms with E-state index >= 15 is 0 Å². The van der Waals surface area contributed by atoms with Crippen molar-refractivity contribution < 1.29 is 14.3 Å². The maximum Gasteiger partial charge on any atom is 0.330 e. The third kappa shape index (κ3) is 5.30. The van der Waals surface area contributed by atoms with Crippen molar-refractivity contribution in [3.05, 3.63) is 69.8 Å². The molecule has 0 aliphatic rings. The minimum absolute atomic E-state index is 0.101. The zero-order chi connectivity index (χ0) is 20.0. The van der Waals surface area contributed by atoms with Crippen LogP contribution >= 0.6 is 0 Å². The lowest BCUT2D eigenvalue weighted by atomic mass is 9.91. The number of benzene rings is 2. The minimum Gasteiger partial charge on any atom is -0.463 e. The first-order valence-electron chi connectivity index (χ1n) is 9.12. The minimum atomic E-state index is -0.341. The van der Waals surface area contributed by atoms with Gasteiger partial charge in [-0.2, -0.15) is 0 Å². The van der Waals surface area contributed by atoms with Crippen LogP contribution < -0.4 is 5.32 Å². The van der Waals surface area contributed by atoms with Crippen molar-refractivity contribution in [2.24, 2.45) is 0 Å². The number of Topliss-reactive ketones (excluding diaryl/α,β-unsaturated/α-hetero) is 1. The van der Waals surface area contributed by atoms with E-state index in [0.29, 0.717) is 13.2 Å². The summed E-state index contributed by atoms with van der Waals surface area (Å²) >= 11 is 0. The number of hydrogen-bond acceptors (Lipinski definition) is 4. The van der Waals surface area contributed by atoms with Crippen LogP contribution in [0.15, 0.2) is 36.4 Å². The van der Waals surface area contributed by atoms with Crippen molar-refractivity contribution in [2.75, 3.05) is 11.9 Å². The summed E-state index contributed by atoms with van der Waals surface area (Å²) in [6, 6.07) is 9.89. The van der Waals surface area contributed by atoms with Crippen LogP contribution in [0.4, 0.5) is 5.69 Å². The molecule has 4 nitrogen and oxygen atoms in total. The van der Waals surface area contributed by atoms with Gasteiger partial charge in [-0.05, 0) is 80.6 Å². The maximum absolute atomic E-state index is 12.0. The fraction of sp³-hybridized carbons (Fsp3) is 0.304. The van der Waals surface area contributed by atoms with Crippen molar-refractivity contribution >= 4 is 23.5 Å². The Balaban J connectivity index is 2.10. The molecule has 0 saturated heterocycles. The SMILES string of the molecule is CCOC(=O)C=Cc1ccc(NCc2c(C)cc(C)c(C(C)=O)c2C)cc1. The van der Waals surface area contributed by atoms with Crippen LogP contribution in [0.2, 0.25) is 0 Å². The molecule has 0 saturated carbocycles. The number of ether oxygens (including phenoxy) is 1.